The van der Waals surface area contributed by atoms with Gasteiger partial charge in [0.25, 0.3) is 0 Å². The number of carbonyl (C=O) groups excluding carboxylic acids is 1. The number of aromatic amines is 1. The smallest absolute Gasteiger partial charge is 0.410 e. The van der Waals surface area contributed by atoms with E-state index < -0.39 is 5.60 Å². The molecule has 144 valence electrons. The summed E-state index contributed by atoms with van der Waals surface area (Å²) in [5.41, 5.74) is 0.695. The van der Waals surface area contributed by atoms with Crippen molar-refractivity contribution in [3.63, 3.8) is 0 Å². The lowest BCUT2D eigenvalue weighted by Gasteiger charge is -2.28. The van der Waals surface area contributed by atoms with Crippen LogP contribution in [0, 0.1) is 11.8 Å². The van der Waals surface area contributed by atoms with E-state index in [0.29, 0.717) is 17.7 Å². The molecule has 1 aromatic carbocycles. The number of rotatable bonds is 3. The number of ether oxygens (including phenoxy) is 1. The second kappa shape index (κ2) is 6.92. The second-order valence-electron chi connectivity index (χ2n) is 8.44. The van der Waals surface area contributed by atoms with E-state index in [-0.39, 0.29) is 12.1 Å². The second-order valence-corrected chi connectivity index (χ2v) is 8.44. The monoisotopic (exact) mass is 370 g/mol. The third-order valence-corrected chi connectivity index (χ3v) is 5.25. The number of aromatic nitrogens is 4. The van der Waals surface area contributed by atoms with E-state index in [1.807, 2.05) is 43.9 Å². The highest BCUT2D eigenvalue weighted by molar-refractivity contribution is 5.68. The first-order chi connectivity index (χ1) is 12.9. The third kappa shape index (κ3) is 3.80. The SMILES string of the molecule is CC(C)(C)OC(=O)N1CC2CN(C(c3ccccc3)c3nn[nH]n3)CC2C1. The van der Waals surface area contributed by atoms with Gasteiger partial charge in [-0.1, -0.05) is 35.5 Å². The van der Waals surface area contributed by atoms with Gasteiger partial charge in [0, 0.05) is 26.2 Å². The number of H-pyrrole nitrogens is 1. The molecule has 0 spiro atoms. The van der Waals surface area contributed by atoms with Crippen LogP contribution in [0.1, 0.15) is 38.2 Å². The lowest BCUT2D eigenvalue weighted by Crippen LogP contribution is -2.38. The molecule has 8 nitrogen and oxygen atoms in total. The molecule has 3 atom stereocenters. The Morgan fingerprint density at radius 3 is 2.37 bits per heavy atom. The Balaban J connectivity index is 1.46. The summed E-state index contributed by atoms with van der Waals surface area (Å²) in [5, 5.41) is 14.8. The number of hydrogen-bond acceptors (Lipinski definition) is 6. The number of tetrazole rings is 1. The Morgan fingerprint density at radius 1 is 1.15 bits per heavy atom. The average molecular weight is 370 g/mol. The summed E-state index contributed by atoms with van der Waals surface area (Å²) < 4.78 is 5.53. The Morgan fingerprint density at radius 2 is 1.81 bits per heavy atom. The van der Waals surface area contributed by atoms with Crippen LogP contribution in [0.2, 0.25) is 0 Å². The van der Waals surface area contributed by atoms with E-state index in [9.17, 15) is 4.79 Å². The van der Waals surface area contributed by atoms with E-state index >= 15 is 0 Å². The van der Waals surface area contributed by atoms with Gasteiger partial charge in [-0.05, 0) is 38.2 Å². The number of nitrogens with one attached hydrogen (secondary N) is 1. The van der Waals surface area contributed by atoms with E-state index in [2.05, 4.69) is 37.7 Å². The summed E-state index contributed by atoms with van der Waals surface area (Å²) in [4.78, 5) is 16.6. The van der Waals surface area contributed by atoms with Gasteiger partial charge in [0.1, 0.15) is 5.60 Å². The Hall–Kier alpha value is -2.48. The van der Waals surface area contributed by atoms with Crippen molar-refractivity contribution in [2.75, 3.05) is 26.2 Å². The van der Waals surface area contributed by atoms with Crippen LogP contribution in [0.15, 0.2) is 30.3 Å². The van der Waals surface area contributed by atoms with E-state index in [1.54, 1.807) is 0 Å². The summed E-state index contributed by atoms with van der Waals surface area (Å²) >= 11 is 0. The molecule has 27 heavy (non-hydrogen) atoms. The van der Waals surface area contributed by atoms with Crippen molar-refractivity contribution in [1.29, 1.82) is 0 Å². The zero-order valence-electron chi connectivity index (χ0n) is 16.0. The molecule has 2 saturated heterocycles. The summed E-state index contributed by atoms with van der Waals surface area (Å²) in [6.07, 6.45) is -0.207. The number of benzene rings is 1. The zero-order valence-corrected chi connectivity index (χ0v) is 16.0. The number of nitrogens with zero attached hydrogens (tertiary/aromatic N) is 5. The average Bonchev–Trinajstić information content (AvgIpc) is 3.31. The minimum Gasteiger partial charge on any atom is -0.444 e. The molecule has 1 aromatic heterocycles. The van der Waals surface area contributed by atoms with Gasteiger partial charge in [0.15, 0.2) is 5.82 Å². The van der Waals surface area contributed by atoms with Gasteiger partial charge >= 0.3 is 6.09 Å². The predicted octanol–water partition coefficient (Wildman–Crippen LogP) is 2.09. The molecule has 0 saturated carbocycles. The Bertz CT molecular complexity index is 759. The van der Waals surface area contributed by atoms with Crippen LogP contribution in [-0.4, -0.2) is 68.3 Å². The number of hydrogen-bond donors (Lipinski definition) is 1. The van der Waals surface area contributed by atoms with E-state index in [0.717, 1.165) is 31.7 Å². The highest BCUT2D eigenvalue weighted by Crippen LogP contribution is 2.38. The van der Waals surface area contributed by atoms with Crippen molar-refractivity contribution < 1.29 is 9.53 Å². The quantitative estimate of drug-likeness (QED) is 0.890. The van der Waals surface area contributed by atoms with E-state index in [4.69, 9.17) is 4.74 Å². The molecule has 8 heteroatoms. The zero-order chi connectivity index (χ0) is 19.0. The van der Waals surface area contributed by atoms with Crippen molar-refractivity contribution in [1.82, 2.24) is 30.4 Å². The minimum atomic E-state index is -0.460. The van der Waals surface area contributed by atoms with Crippen LogP contribution < -0.4 is 0 Å². The first-order valence-electron chi connectivity index (χ1n) is 9.41. The number of likely N-dealkylation sites (tertiary alicyclic amines) is 2. The maximum atomic E-state index is 12.4. The van der Waals surface area contributed by atoms with Crippen molar-refractivity contribution >= 4 is 6.09 Å². The molecule has 1 N–H and O–H groups in total. The van der Waals surface area contributed by atoms with Gasteiger partial charge in [0.2, 0.25) is 0 Å². The van der Waals surface area contributed by atoms with Gasteiger partial charge in [0.05, 0.1) is 6.04 Å². The molecule has 2 aromatic rings. The minimum absolute atomic E-state index is 0.0227. The fraction of sp³-hybridized carbons (Fsp3) is 0.579. The van der Waals surface area contributed by atoms with Crippen LogP contribution in [0.3, 0.4) is 0 Å². The van der Waals surface area contributed by atoms with Crippen LogP contribution in [0.4, 0.5) is 4.79 Å². The molecule has 2 fully saturated rings. The third-order valence-electron chi connectivity index (χ3n) is 5.25. The van der Waals surface area contributed by atoms with Crippen LogP contribution in [-0.2, 0) is 4.74 Å². The van der Waals surface area contributed by atoms with Crippen molar-refractivity contribution in [3.8, 4) is 0 Å². The fourth-order valence-corrected chi connectivity index (χ4v) is 4.16. The summed E-state index contributed by atoms with van der Waals surface area (Å²) in [7, 11) is 0. The Kier molecular flexibility index (Phi) is 4.59. The van der Waals surface area contributed by atoms with Crippen LogP contribution in [0.25, 0.3) is 0 Å². The van der Waals surface area contributed by atoms with E-state index in [1.165, 1.54) is 0 Å². The van der Waals surface area contributed by atoms with Gasteiger partial charge in [-0.3, -0.25) is 4.90 Å². The maximum Gasteiger partial charge on any atom is 0.410 e. The summed E-state index contributed by atoms with van der Waals surface area (Å²) in [6.45, 7) is 8.99. The van der Waals surface area contributed by atoms with Gasteiger partial charge in [-0.25, -0.2) is 4.79 Å². The molecule has 3 heterocycles. The van der Waals surface area contributed by atoms with Crippen LogP contribution >= 0.6 is 0 Å². The van der Waals surface area contributed by atoms with Gasteiger partial charge in [-0.15, -0.1) is 10.2 Å². The summed E-state index contributed by atoms with van der Waals surface area (Å²) in [6, 6.07) is 10.2. The molecule has 0 bridgehead atoms. The summed E-state index contributed by atoms with van der Waals surface area (Å²) in [5.74, 6) is 1.57. The fourth-order valence-electron chi connectivity index (χ4n) is 4.16. The molecule has 3 unspecified atom stereocenters. The number of carbonyl (C=O) groups is 1. The van der Waals surface area contributed by atoms with Crippen LogP contribution in [0.5, 0.6) is 0 Å². The molecule has 4 rings (SSSR count). The lowest BCUT2D eigenvalue weighted by atomic mass is 10.0. The van der Waals surface area contributed by atoms with Crippen molar-refractivity contribution in [3.05, 3.63) is 41.7 Å². The predicted molar refractivity (Wildman–Crippen MR) is 98.8 cm³/mol. The van der Waals surface area contributed by atoms with Crippen molar-refractivity contribution in [2.45, 2.75) is 32.4 Å². The van der Waals surface area contributed by atoms with Crippen molar-refractivity contribution in [2.24, 2.45) is 11.8 Å². The first kappa shape index (κ1) is 17.9. The molecule has 0 aliphatic carbocycles. The van der Waals surface area contributed by atoms with Gasteiger partial charge in [-0.2, -0.15) is 5.21 Å². The normalized spacial score (nSPS) is 24.0. The molecule has 2 aliphatic heterocycles. The maximum absolute atomic E-state index is 12.4. The largest absolute Gasteiger partial charge is 0.444 e. The molecular weight excluding hydrogens is 344 g/mol. The Labute approximate surface area is 158 Å². The molecular formula is C19H26N6O2. The topological polar surface area (TPSA) is 87.2 Å². The molecule has 2 aliphatic rings. The standard InChI is InChI=1S/C19H26N6O2/c1-19(2,3)27-18(26)25-11-14-9-24(10-15(14)12-25)16(17-20-22-23-21-17)13-7-5-4-6-8-13/h4-8,14-16H,9-12H2,1-3H3,(H,20,21,22,23). The highest BCUT2D eigenvalue weighted by Gasteiger charge is 2.45. The number of amides is 1. The number of fused-ring (bicyclic) bond motifs is 1. The highest BCUT2D eigenvalue weighted by atomic mass is 16.6. The lowest BCUT2D eigenvalue weighted by molar-refractivity contribution is 0.0272. The first-order valence-corrected chi connectivity index (χ1v) is 9.41. The van der Waals surface area contributed by atoms with Gasteiger partial charge < -0.3 is 9.64 Å². The molecule has 0 radical (unpaired) electrons. The molecule has 1 amide bonds.